The average molecular weight is 538 g/mol. The van der Waals surface area contributed by atoms with Gasteiger partial charge in [-0.2, -0.15) is 0 Å². The summed E-state index contributed by atoms with van der Waals surface area (Å²) in [6.07, 6.45) is 0. The van der Waals surface area contributed by atoms with E-state index in [0.717, 1.165) is 8.95 Å². The summed E-state index contributed by atoms with van der Waals surface area (Å²) >= 11 is 7.20. The van der Waals surface area contributed by atoms with Gasteiger partial charge in [-0.25, -0.2) is 0 Å². The number of benzene rings is 5. The van der Waals surface area contributed by atoms with Crippen LogP contribution in [0.15, 0.2) is 118 Å². The molecule has 0 spiro atoms. The summed E-state index contributed by atoms with van der Waals surface area (Å²) in [5.41, 5.74) is 10.2. The SMILES string of the molecule is Brc1ccc(C(=C2c3ccccc3-c3cc4ccccc4cc32)c2ccc(Br)cc2)cc1. The Balaban J connectivity index is 1.76. The predicted octanol–water partition coefficient (Wildman–Crippen LogP) is 9.35. The van der Waals surface area contributed by atoms with E-state index in [0.29, 0.717) is 0 Å². The summed E-state index contributed by atoms with van der Waals surface area (Å²) in [7, 11) is 0. The van der Waals surface area contributed by atoms with Crippen LogP contribution >= 0.6 is 31.9 Å². The molecule has 0 N–H and O–H groups in total. The maximum Gasteiger partial charge on any atom is 0.0175 e. The molecule has 1 aliphatic carbocycles. The van der Waals surface area contributed by atoms with E-state index in [9.17, 15) is 0 Å². The molecule has 152 valence electrons. The number of halogens is 2. The molecule has 0 nitrogen and oxygen atoms in total. The highest BCUT2D eigenvalue weighted by Crippen LogP contribution is 2.50. The van der Waals surface area contributed by atoms with Crippen LogP contribution < -0.4 is 0 Å². The lowest BCUT2D eigenvalue weighted by molar-refractivity contribution is 1.51. The Bertz CT molecular complexity index is 1460. The van der Waals surface area contributed by atoms with Gasteiger partial charge >= 0.3 is 0 Å². The van der Waals surface area contributed by atoms with E-state index in [1.807, 2.05) is 0 Å². The fraction of sp³-hybridized carbons (Fsp3) is 0. The molecule has 0 aliphatic heterocycles. The van der Waals surface area contributed by atoms with E-state index < -0.39 is 0 Å². The molecule has 5 aromatic rings. The third-order valence-electron chi connectivity index (χ3n) is 6.16. The summed E-state index contributed by atoms with van der Waals surface area (Å²) in [5.74, 6) is 0. The zero-order chi connectivity index (χ0) is 21.7. The van der Waals surface area contributed by atoms with Crippen molar-refractivity contribution < 1.29 is 0 Å². The van der Waals surface area contributed by atoms with Crippen molar-refractivity contribution in [3.05, 3.63) is 140 Å². The number of rotatable bonds is 2. The number of fused-ring (bicyclic) bond motifs is 4. The average Bonchev–Trinajstić information content (AvgIpc) is 3.13. The minimum Gasteiger partial charge on any atom is -0.0616 e. The van der Waals surface area contributed by atoms with E-state index in [2.05, 4.69) is 141 Å². The second-order valence-electron chi connectivity index (χ2n) is 8.05. The van der Waals surface area contributed by atoms with E-state index in [1.165, 1.54) is 55.3 Å². The van der Waals surface area contributed by atoms with Crippen molar-refractivity contribution in [1.29, 1.82) is 0 Å². The molecule has 0 atom stereocenters. The standard InChI is InChI=1S/C30H18Br2/c31-23-13-9-19(10-14-23)29(20-11-15-24(32)16-12-20)30-26-8-4-3-7-25(26)27-17-21-5-1-2-6-22(21)18-28(27)30/h1-18H. The van der Waals surface area contributed by atoms with Crippen LogP contribution in [0.1, 0.15) is 22.3 Å². The molecule has 0 aromatic heterocycles. The third kappa shape index (κ3) is 3.26. The molecule has 0 radical (unpaired) electrons. The molecular weight excluding hydrogens is 520 g/mol. The van der Waals surface area contributed by atoms with E-state index in [-0.39, 0.29) is 0 Å². The van der Waals surface area contributed by atoms with E-state index in [4.69, 9.17) is 0 Å². The number of hydrogen-bond acceptors (Lipinski definition) is 0. The topological polar surface area (TPSA) is 0 Å². The summed E-state index contributed by atoms with van der Waals surface area (Å²) in [4.78, 5) is 0. The summed E-state index contributed by atoms with van der Waals surface area (Å²) in [6.45, 7) is 0. The van der Waals surface area contributed by atoms with Crippen LogP contribution in [-0.4, -0.2) is 0 Å². The molecule has 5 aromatic carbocycles. The van der Waals surface area contributed by atoms with Crippen LogP contribution in [0.5, 0.6) is 0 Å². The fourth-order valence-electron chi connectivity index (χ4n) is 4.71. The monoisotopic (exact) mass is 536 g/mol. The minimum atomic E-state index is 1.08. The lowest BCUT2D eigenvalue weighted by Crippen LogP contribution is -1.95. The first-order chi connectivity index (χ1) is 15.7. The first kappa shape index (κ1) is 19.7. The summed E-state index contributed by atoms with van der Waals surface area (Å²) < 4.78 is 2.17. The van der Waals surface area contributed by atoms with Crippen LogP contribution in [0, 0.1) is 0 Å². The fourth-order valence-corrected chi connectivity index (χ4v) is 5.24. The van der Waals surface area contributed by atoms with Gasteiger partial charge in [0, 0.05) is 8.95 Å². The Morgan fingerprint density at radius 2 is 0.906 bits per heavy atom. The maximum atomic E-state index is 3.60. The molecule has 0 fully saturated rings. The van der Waals surface area contributed by atoms with Gasteiger partial charge in [0.2, 0.25) is 0 Å². The minimum absolute atomic E-state index is 1.08. The molecule has 0 amide bonds. The molecule has 0 bridgehead atoms. The lowest BCUT2D eigenvalue weighted by Gasteiger charge is -2.16. The van der Waals surface area contributed by atoms with Crippen molar-refractivity contribution in [1.82, 2.24) is 0 Å². The molecular formula is C30H18Br2. The van der Waals surface area contributed by atoms with Gasteiger partial charge in [0.25, 0.3) is 0 Å². The Hall–Kier alpha value is -2.94. The van der Waals surface area contributed by atoms with Gasteiger partial charge in [0.1, 0.15) is 0 Å². The van der Waals surface area contributed by atoms with Crippen molar-refractivity contribution in [3.8, 4) is 11.1 Å². The molecule has 0 unspecified atom stereocenters. The van der Waals surface area contributed by atoms with Gasteiger partial charge in [-0.3, -0.25) is 0 Å². The van der Waals surface area contributed by atoms with Gasteiger partial charge in [0.05, 0.1) is 0 Å². The molecule has 0 heterocycles. The van der Waals surface area contributed by atoms with Crippen molar-refractivity contribution in [3.63, 3.8) is 0 Å². The largest absolute Gasteiger partial charge is 0.0616 e. The molecule has 0 saturated carbocycles. The summed E-state index contributed by atoms with van der Waals surface area (Å²) in [6, 6.07) is 39.4. The smallest absolute Gasteiger partial charge is 0.0175 e. The van der Waals surface area contributed by atoms with Gasteiger partial charge in [0.15, 0.2) is 0 Å². The highest BCUT2D eigenvalue weighted by Gasteiger charge is 2.27. The zero-order valence-electron chi connectivity index (χ0n) is 17.1. The van der Waals surface area contributed by atoms with Gasteiger partial charge in [-0.05, 0) is 91.7 Å². The van der Waals surface area contributed by atoms with Gasteiger partial charge < -0.3 is 0 Å². The maximum absolute atomic E-state index is 3.60. The Kier molecular flexibility index (Phi) is 4.86. The molecule has 6 rings (SSSR count). The highest BCUT2D eigenvalue weighted by molar-refractivity contribution is 9.10. The van der Waals surface area contributed by atoms with Crippen LogP contribution in [0.25, 0.3) is 33.0 Å². The Morgan fingerprint density at radius 1 is 0.438 bits per heavy atom. The normalized spacial score (nSPS) is 12.0. The molecule has 1 aliphatic rings. The van der Waals surface area contributed by atoms with Crippen molar-refractivity contribution in [2.24, 2.45) is 0 Å². The molecule has 0 saturated heterocycles. The Labute approximate surface area is 204 Å². The summed E-state index contributed by atoms with van der Waals surface area (Å²) in [5, 5.41) is 2.54. The van der Waals surface area contributed by atoms with Gasteiger partial charge in [-0.1, -0.05) is 105 Å². The van der Waals surface area contributed by atoms with Crippen LogP contribution in [0.2, 0.25) is 0 Å². The first-order valence-corrected chi connectivity index (χ1v) is 12.2. The second-order valence-corrected chi connectivity index (χ2v) is 9.89. The second kappa shape index (κ2) is 7.88. The van der Waals surface area contributed by atoms with Crippen LogP contribution in [-0.2, 0) is 0 Å². The van der Waals surface area contributed by atoms with E-state index >= 15 is 0 Å². The van der Waals surface area contributed by atoms with Crippen LogP contribution in [0.3, 0.4) is 0 Å². The van der Waals surface area contributed by atoms with Crippen molar-refractivity contribution >= 4 is 53.8 Å². The van der Waals surface area contributed by atoms with E-state index in [1.54, 1.807) is 0 Å². The quantitative estimate of drug-likeness (QED) is 0.206. The molecule has 2 heteroatoms. The highest BCUT2D eigenvalue weighted by atomic mass is 79.9. The predicted molar refractivity (Wildman–Crippen MR) is 143 cm³/mol. The lowest BCUT2D eigenvalue weighted by atomic mass is 9.88. The van der Waals surface area contributed by atoms with Crippen molar-refractivity contribution in [2.45, 2.75) is 0 Å². The zero-order valence-corrected chi connectivity index (χ0v) is 20.3. The third-order valence-corrected chi connectivity index (χ3v) is 7.21. The van der Waals surface area contributed by atoms with Crippen LogP contribution in [0.4, 0.5) is 0 Å². The first-order valence-electron chi connectivity index (χ1n) is 10.6. The number of hydrogen-bond donors (Lipinski definition) is 0. The molecule has 32 heavy (non-hydrogen) atoms. The van der Waals surface area contributed by atoms with Crippen molar-refractivity contribution in [2.75, 3.05) is 0 Å². The van der Waals surface area contributed by atoms with Gasteiger partial charge in [-0.15, -0.1) is 0 Å². The Morgan fingerprint density at radius 3 is 1.47 bits per heavy atom.